The molecule has 1 amide bonds. The van der Waals surface area contributed by atoms with Gasteiger partial charge in [-0.3, -0.25) is 4.79 Å². The van der Waals surface area contributed by atoms with Gasteiger partial charge in [0.15, 0.2) is 0 Å². The van der Waals surface area contributed by atoms with Crippen LogP contribution in [0.1, 0.15) is 32.8 Å². The molecule has 2 nitrogen and oxygen atoms in total. The van der Waals surface area contributed by atoms with E-state index < -0.39 is 0 Å². The molecule has 1 fully saturated rings. The molecule has 1 N–H and O–H groups in total. The minimum atomic E-state index is -0.211. The highest BCUT2D eigenvalue weighted by Gasteiger charge is 2.50. The minimum Gasteiger partial charge on any atom is -0.326 e. The van der Waals surface area contributed by atoms with E-state index in [0.717, 1.165) is 6.42 Å². The van der Waals surface area contributed by atoms with Crippen molar-refractivity contribution < 1.29 is 9.18 Å². The van der Waals surface area contributed by atoms with Gasteiger partial charge in [0.05, 0.1) is 0 Å². The van der Waals surface area contributed by atoms with E-state index in [2.05, 4.69) is 19.2 Å². The van der Waals surface area contributed by atoms with Crippen molar-refractivity contribution in [2.45, 2.75) is 33.6 Å². The van der Waals surface area contributed by atoms with Gasteiger partial charge in [-0.1, -0.05) is 20.8 Å². The molecule has 0 aromatic heterocycles. The van der Waals surface area contributed by atoms with Crippen molar-refractivity contribution in [3.63, 3.8) is 0 Å². The Morgan fingerprint density at radius 2 is 2.18 bits per heavy atom. The average Bonchev–Trinajstić information content (AvgIpc) is 2.91. The third kappa shape index (κ3) is 2.48. The molecule has 0 heterocycles. The van der Waals surface area contributed by atoms with Crippen molar-refractivity contribution in [3.8, 4) is 0 Å². The number of hydrogen-bond donors (Lipinski definition) is 1. The maximum Gasteiger partial charge on any atom is 0.228 e. The number of halogens is 1. The molecule has 1 aliphatic carbocycles. The summed E-state index contributed by atoms with van der Waals surface area (Å²) in [6.07, 6.45) is 1.56. The second-order valence-electron chi connectivity index (χ2n) is 5.39. The van der Waals surface area contributed by atoms with Crippen LogP contribution < -0.4 is 5.32 Å². The smallest absolute Gasteiger partial charge is 0.228 e. The van der Waals surface area contributed by atoms with Gasteiger partial charge in [0.1, 0.15) is 5.82 Å². The molecule has 1 aromatic rings. The largest absolute Gasteiger partial charge is 0.326 e. The SMILES string of the molecule is CCc1cc(NC(=O)C2CC2(C)C)ccc1F. The van der Waals surface area contributed by atoms with Gasteiger partial charge < -0.3 is 5.32 Å². The van der Waals surface area contributed by atoms with Crippen LogP contribution in [-0.2, 0) is 11.2 Å². The number of anilines is 1. The molecule has 1 aliphatic rings. The molecule has 1 atom stereocenters. The highest BCUT2D eigenvalue weighted by molar-refractivity contribution is 5.95. The lowest BCUT2D eigenvalue weighted by atomic mass is 10.1. The van der Waals surface area contributed by atoms with Gasteiger partial charge in [0.25, 0.3) is 0 Å². The van der Waals surface area contributed by atoms with Crippen LogP contribution in [0.5, 0.6) is 0 Å². The quantitative estimate of drug-likeness (QED) is 0.855. The van der Waals surface area contributed by atoms with Gasteiger partial charge in [0, 0.05) is 11.6 Å². The molecular formula is C14H18FNO. The first kappa shape index (κ1) is 12.1. The highest BCUT2D eigenvalue weighted by atomic mass is 19.1. The van der Waals surface area contributed by atoms with Crippen LogP contribution in [0.2, 0.25) is 0 Å². The molecular weight excluding hydrogens is 217 g/mol. The molecule has 0 aliphatic heterocycles. The Kier molecular flexibility index (Phi) is 2.94. The van der Waals surface area contributed by atoms with E-state index >= 15 is 0 Å². The van der Waals surface area contributed by atoms with E-state index in [1.807, 2.05) is 6.92 Å². The Morgan fingerprint density at radius 1 is 1.53 bits per heavy atom. The Balaban J connectivity index is 2.07. The molecule has 0 radical (unpaired) electrons. The fourth-order valence-corrected chi connectivity index (χ4v) is 2.07. The number of amides is 1. The molecule has 1 aromatic carbocycles. The number of aryl methyl sites for hydroxylation is 1. The fourth-order valence-electron chi connectivity index (χ4n) is 2.07. The predicted octanol–water partition coefficient (Wildman–Crippen LogP) is 3.37. The summed E-state index contributed by atoms with van der Waals surface area (Å²) in [5.41, 5.74) is 1.45. The van der Waals surface area contributed by atoms with Gasteiger partial charge >= 0.3 is 0 Å². The lowest BCUT2D eigenvalue weighted by Crippen LogP contribution is -2.16. The first-order valence-corrected chi connectivity index (χ1v) is 6.03. The van der Waals surface area contributed by atoms with Crippen LogP contribution in [-0.4, -0.2) is 5.91 Å². The Labute approximate surface area is 101 Å². The van der Waals surface area contributed by atoms with Crippen molar-refractivity contribution in [2.75, 3.05) is 5.32 Å². The number of nitrogens with one attached hydrogen (secondary N) is 1. The van der Waals surface area contributed by atoms with Gasteiger partial charge in [-0.2, -0.15) is 0 Å². The summed E-state index contributed by atoms with van der Waals surface area (Å²) in [7, 11) is 0. The first-order chi connectivity index (χ1) is 7.94. The van der Waals surface area contributed by atoms with Crippen LogP contribution in [0.3, 0.4) is 0 Å². The second kappa shape index (κ2) is 4.13. The van der Waals surface area contributed by atoms with Gasteiger partial charge in [-0.25, -0.2) is 4.39 Å². The molecule has 92 valence electrons. The van der Waals surface area contributed by atoms with E-state index in [-0.39, 0.29) is 23.1 Å². The Morgan fingerprint density at radius 3 is 2.71 bits per heavy atom. The molecule has 0 bridgehead atoms. The molecule has 1 unspecified atom stereocenters. The lowest BCUT2D eigenvalue weighted by Gasteiger charge is -2.08. The number of benzene rings is 1. The molecule has 0 spiro atoms. The van der Waals surface area contributed by atoms with Crippen molar-refractivity contribution in [3.05, 3.63) is 29.6 Å². The van der Waals surface area contributed by atoms with E-state index in [1.165, 1.54) is 6.07 Å². The van der Waals surface area contributed by atoms with Crippen LogP contribution >= 0.6 is 0 Å². The van der Waals surface area contributed by atoms with Crippen molar-refractivity contribution >= 4 is 11.6 Å². The van der Waals surface area contributed by atoms with Crippen molar-refractivity contribution in [1.29, 1.82) is 0 Å². The normalized spacial score (nSPS) is 21.1. The monoisotopic (exact) mass is 235 g/mol. The standard InChI is InChI=1S/C14H18FNO/c1-4-9-7-10(5-6-12(9)15)16-13(17)11-8-14(11,2)3/h5-7,11H,4,8H2,1-3H3,(H,16,17). The second-order valence-corrected chi connectivity index (χ2v) is 5.39. The van der Waals surface area contributed by atoms with Crippen LogP contribution in [0.15, 0.2) is 18.2 Å². The zero-order valence-electron chi connectivity index (χ0n) is 10.5. The minimum absolute atomic E-state index is 0.0451. The topological polar surface area (TPSA) is 29.1 Å². The van der Waals surface area contributed by atoms with Gasteiger partial charge in [0.2, 0.25) is 5.91 Å². The Hall–Kier alpha value is -1.38. The summed E-state index contributed by atoms with van der Waals surface area (Å²) in [6, 6.07) is 4.73. The lowest BCUT2D eigenvalue weighted by molar-refractivity contribution is -0.118. The number of carbonyl (C=O) groups is 1. The number of carbonyl (C=O) groups excluding carboxylic acids is 1. The van der Waals surface area contributed by atoms with Gasteiger partial charge in [-0.15, -0.1) is 0 Å². The highest BCUT2D eigenvalue weighted by Crippen LogP contribution is 2.51. The summed E-state index contributed by atoms with van der Waals surface area (Å²) in [4.78, 5) is 11.9. The Bertz CT molecular complexity index is 454. The summed E-state index contributed by atoms with van der Waals surface area (Å²) >= 11 is 0. The number of rotatable bonds is 3. The van der Waals surface area contributed by atoms with Crippen LogP contribution in [0.4, 0.5) is 10.1 Å². The van der Waals surface area contributed by atoms with E-state index in [4.69, 9.17) is 0 Å². The van der Waals surface area contributed by atoms with Crippen molar-refractivity contribution in [2.24, 2.45) is 11.3 Å². The molecule has 0 saturated heterocycles. The first-order valence-electron chi connectivity index (χ1n) is 6.03. The van der Waals surface area contributed by atoms with E-state index in [0.29, 0.717) is 17.7 Å². The van der Waals surface area contributed by atoms with Crippen LogP contribution in [0, 0.1) is 17.2 Å². The van der Waals surface area contributed by atoms with E-state index in [9.17, 15) is 9.18 Å². The fraction of sp³-hybridized carbons (Fsp3) is 0.500. The average molecular weight is 235 g/mol. The van der Waals surface area contributed by atoms with Crippen molar-refractivity contribution in [1.82, 2.24) is 0 Å². The maximum absolute atomic E-state index is 13.3. The van der Waals surface area contributed by atoms with Crippen LogP contribution in [0.25, 0.3) is 0 Å². The summed E-state index contributed by atoms with van der Waals surface area (Å²) in [5, 5.41) is 2.86. The zero-order valence-corrected chi connectivity index (χ0v) is 10.5. The molecule has 3 heteroatoms. The third-order valence-electron chi connectivity index (χ3n) is 3.52. The molecule has 2 rings (SSSR count). The van der Waals surface area contributed by atoms with Gasteiger partial charge in [-0.05, 0) is 42.0 Å². The summed E-state index contributed by atoms with van der Waals surface area (Å²) in [6.45, 7) is 6.06. The molecule has 1 saturated carbocycles. The number of hydrogen-bond acceptors (Lipinski definition) is 1. The summed E-state index contributed by atoms with van der Waals surface area (Å²) < 4.78 is 13.3. The third-order valence-corrected chi connectivity index (χ3v) is 3.52. The maximum atomic E-state index is 13.3. The van der Waals surface area contributed by atoms with E-state index in [1.54, 1.807) is 12.1 Å². The zero-order chi connectivity index (χ0) is 12.6. The predicted molar refractivity (Wildman–Crippen MR) is 66.3 cm³/mol. The molecule has 17 heavy (non-hydrogen) atoms. The summed E-state index contributed by atoms with van der Waals surface area (Å²) in [5.74, 6) is -0.0708.